The number of anilines is 2. The van der Waals surface area contributed by atoms with E-state index in [9.17, 15) is 0 Å². The predicted octanol–water partition coefficient (Wildman–Crippen LogP) is 3.61. The summed E-state index contributed by atoms with van der Waals surface area (Å²) in [4.78, 5) is 8.93. The molecule has 2 aromatic heterocycles. The number of aryl methyl sites for hydroxylation is 2. The van der Waals surface area contributed by atoms with Gasteiger partial charge in [-0.15, -0.1) is 5.10 Å². The highest BCUT2D eigenvalue weighted by Crippen LogP contribution is 2.20. The fourth-order valence-electron chi connectivity index (χ4n) is 2.12. The van der Waals surface area contributed by atoms with E-state index in [-0.39, 0.29) is 5.92 Å². The maximum Gasteiger partial charge on any atom is 0.254 e. The van der Waals surface area contributed by atoms with Crippen LogP contribution in [-0.4, -0.2) is 19.6 Å². The van der Waals surface area contributed by atoms with Gasteiger partial charge in [0.1, 0.15) is 5.82 Å². The first-order valence-electron chi connectivity index (χ1n) is 7.11. The Morgan fingerprint density at radius 3 is 2.43 bits per heavy atom. The van der Waals surface area contributed by atoms with E-state index in [4.69, 9.17) is 0 Å². The first-order chi connectivity index (χ1) is 10.0. The summed E-state index contributed by atoms with van der Waals surface area (Å²) in [6.45, 7) is 8.19. The number of hydrogen-bond acceptors (Lipinski definition) is 4. The minimum Gasteiger partial charge on any atom is -0.340 e. The van der Waals surface area contributed by atoms with Crippen LogP contribution >= 0.6 is 0 Å². The molecule has 5 nitrogen and oxygen atoms in total. The van der Waals surface area contributed by atoms with E-state index in [0.29, 0.717) is 5.78 Å². The monoisotopic (exact) mass is 281 g/mol. The minimum atomic E-state index is 0.277. The Morgan fingerprint density at radius 1 is 1.05 bits per heavy atom. The fourth-order valence-corrected chi connectivity index (χ4v) is 2.12. The van der Waals surface area contributed by atoms with Crippen molar-refractivity contribution in [1.29, 1.82) is 0 Å². The number of rotatable bonds is 3. The van der Waals surface area contributed by atoms with Crippen molar-refractivity contribution in [3.05, 3.63) is 47.4 Å². The van der Waals surface area contributed by atoms with Gasteiger partial charge >= 0.3 is 0 Å². The third-order valence-corrected chi connectivity index (χ3v) is 3.30. The molecule has 0 saturated heterocycles. The Hall–Kier alpha value is -2.43. The van der Waals surface area contributed by atoms with Crippen molar-refractivity contribution in [3.8, 4) is 0 Å². The van der Waals surface area contributed by atoms with Crippen LogP contribution in [0.2, 0.25) is 0 Å². The standard InChI is InChI=1S/C16H19N5/c1-10(2)15-19-16-17-12(4)9-14(21(16)20-15)18-13-7-5-11(3)6-8-13/h5-10,18H,1-4H3. The van der Waals surface area contributed by atoms with Crippen LogP contribution in [0.3, 0.4) is 0 Å². The minimum absolute atomic E-state index is 0.277. The third kappa shape index (κ3) is 2.72. The van der Waals surface area contributed by atoms with Gasteiger partial charge in [0.25, 0.3) is 5.78 Å². The van der Waals surface area contributed by atoms with E-state index in [2.05, 4.69) is 65.4 Å². The van der Waals surface area contributed by atoms with E-state index in [1.165, 1.54) is 5.56 Å². The lowest BCUT2D eigenvalue weighted by Crippen LogP contribution is -2.03. The maximum atomic E-state index is 4.55. The summed E-state index contributed by atoms with van der Waals surface area (Å²) in [6.07, 6.45) is 0. The van der Waals surface area contributed by atoms with Gasteiger partial charge in [0.05, 0.1) is 0 Å². The molecule has 0 aliphatic carbocycles. The zero-order valence-corrected chi connectivity index (χ0v) is 12.8. The molecule has 1 N–H and O–H groups in total. The molecule has 0 spiro atoms. The second-order valence-corrected chi connectivity index (χ2v) is 5.61. The van der Waals surface area contributed by atoms with Crippen molar-refractivity contribution in [2.24, 2.45) is 0 Å². The van der Waals surface area contributed by atoms with Crippen LogP contribution in [0, 0.1) is 13.8 Å². The van der Waals surface area contributed by atoms with Crippen molar-refractivity contribution in [3.63, 3.8) is 0 Å². The summed E-state index contributed by atoms with van der Waals surface area (Å²) in [5.41, 5.74) is 3.17. The van der Waals surface area contributed by atoms with Crippen molar-refractivity contribution in [1.82, 2.24) is 19.6 Å². The number of benzene rings is 1. The van der Waals surface area contributed by atoms with E-state index in [1.807, 2.05) is 13.0 Å². The lowest BCUT2D eigenvalue weighted by Gasteiger charge is -2.08. The Kier molecular flexibility index (Phi) is 3.33. The first-order valence-corrected chi connectivity index (χ1v) is 7.11. The summed E-state index contributed by atoms with van der Waals surface area (Å²) < 4.78 is 1.77. The van der Waals surface area contributed by atoms with Gasteiger partial charge in [-0.3, -0.25) is 0 Å². The summed E-state index contributed by atoms with van der Waals surface area (Å²) >= 11 is 0. The van der Waals surface area contributed by atoms with Crippen LogP contribution in [0.1, 0.15) is 36.8 Å². The number of nitrogens with zero attached hydrogens (tertiary/aromatic N) is 4. The van der Waals surface area contributed by atoms with Gasteiger partial charge in [-0.05, 0) is 26.0 Å². The Bertz CT molecular complexity index is 771. The molecule has 1 aromatic carbocycles. The normalized spacial score (nSPS) is 11.3. The lowest BCUT2D eigenvalue weighted by molar-refractivity contribution is 0.766. The molecule has 21 heavy (non-hydrogen) atoms. The van der Waals surface area contributed by atoms with Gasteiger partial charge < -0.3 is 5.32 Å². The molecule has 3 aromatic rings. The molecular weight excluding hydrogens is 262 g/mol. The van der Waals surface area contributed by atoms with E-state index in [1.54, 1.807) is 4.52 Å². The van der Waals surface area contributed by atoms with Gasteiger partial charge in [-0.25, -0.2) is 4.98 Å². The van der Waals surface area contributed by atoms with Gasteiger partial charge in [0.2, 0.25) is 0 Å². The summed E-state index contributed by atoms with van der Waals surface area (Å²) in [7, 11) is 0. The molecule has 2 heterocycles. The third-order valence-electron chi connectivity index (χ3n) is 3.30. The summed E-state index contributed by atoms with van der Waals surface area (Å²) in [5, 5.41) is 7.94. The topological polar surface area (TPSA) is 55.1 Å². The van der Waals surface area contributed by atoms with Gasteiger partial charge in [0, 0.05) is 23.4 Å². The van der Waals surface area contributed by atoms with Crippen LogP contribution in [-0.2, 0) is 0 Å². The Morgan fingerprint density at radius 2 is 1.76 bits per heavy atom. The quantitative estimate of drug-likeness (QED) is 0.797. The summed E-state index contributed by atoms with van der Waals surface area (Å²) in [5.74, 6) is 2.59. The highest BCUT2D eigenvalue weighted by molar-refractivity contribution is 5.59. The van der Waals surface area contributed by atoms with Crippen molar-refractivity contribution in [2.75, 3.05) is 5.32 Å². The van der Waals surface area contributed by atoms with Crippen LogP contribution in [0.15, 0.2) is 30.3 Å². The molecule has 0 bridgehead atoms. The van der Waals surface area contributed by atoms with Crippen LogP contribution in [0.25, 0.3) is 5.78 Å². The molecular formula is C16H19N5. The Balaban J connectivity index is 2.06. The smallest absolute Gasteiger partial charge is 0.254 e. The molecule has 0 aliphatic rings. The van der Waals surface area contributed by atoms with Gasteiger partial charge in [0.15, 0.2) is 5.82 Å². The number of fused-ring (bicyclic) bond motifs is 1. The van der Waals surface area contributed by atoms with Crippen LogP contribution in [0.4, 0.5) is 11.5 Å². The molecule has 0 aliphatic heterocycles. The highest BCUT2D eigenvalue weighted by Gasteiger charge is 2.12. The molecule has 0 radical (unpaired) electrons. The van der Waals surface area contributed by atoms with Gasteiger partial charge in [-0.1, -0.05) is 31.5 Å². The van der Waals surface area contributed by atoms with E-state index >= 15 is 0 Å². The zero-order chi connectivity index (χ0) is 15.0. The molecule has 108 valence electrons. The second kappa shape index (κ2) is 5.16. The maximum absolute atomic E-state index is 4.55. The molecule has 0 amide bonds. The second-order valence-electron chi connectivity index (χ2n) is 5.61. The Labute approximate surface area is 124 Å². The molecule has 3 rings (SSSR count). The highest BCUT2D eigenvalue weighted by atomic mass is 15.4. The predicted molar refractivity (Wildman–Crippen MR) is 84.1 cm³/mol. The molecule has 0 fully saturated rings. The average Bonchev–Trinajstić information content (AvgIpc) is 2.85. The van der Waals surface area contributed by atoms with Crippen molar-refractivity contribution < 1.29 is 0 Å². The van der Waals surface area contributed by atoms with Crippen molar-refractivity contribution >= 4 is 17.3 Å². The number of nitrogens with one attached hydrogen (secondary N) is 1. The van der Waals surface area contributed by atoms with Crippen LogP contribution in [0.5, 0.6) is 0 Å². The zero-order valence-electron chi connectivity index (χ0n) is 12.8. The largest absolute Gasteiger partial charge is 0.340 e. The fraction of sp³-hybridized carbons (Fsp3) is 0.312. The molecule has 0 saturated carbocycles. The van der Waals surface area contributed by atoms with E-state index < -0.39 is 0 Å². The van der Waals surface area contributed by atoms with Gasteiger partial charge in [-0.2, -0.15) is 9.50 Å². The average molecular weight is 281 g/mol. The molecule has 5 heteroatoms. The lowest BCUT2D eigenvalue weighted by atomic mass is 10.2. The molecule has 0 unspecified atom stereocenters. The number of aromatic nitrogens is 4. The van der Waals surface area contributed by atoms with Crippen LogP contribution < -0.4 is 5.32 Å². The number of hydrogen-bond donors (Lipinski definition) is 1. The van der Waals surface area contributed by atoms with E-state index in [0.717, 1.165) is 23.0 Å². The SMILES string of the molecule is Cc1ccc(Nc2cc(C)nc3nc(C(C)C)nn23)cc1. The van der Waals surface area contributed by atoms with Crippen molar-refractivity contribution in [2.45, 2.75) is 33.6 Å². The first kappa shape index (κ1) is 13.5. The summed E-state index contributed by atoms with van der Waals surface area (Å²) in [6, 6.07) is 10.2. The molecule has 0 atom stereocenters.